The van der Waals surface area contributed by atoms with E-state index in [0.717, 1.165) is 12.0 Å². The summed E-state index contributed by atoms with van der Waals surface area (Å²) in [6.07, 6.45) is 0.902. The molecule has 0 aliphatic heterocycles. The first kappa shape index (κ1) is 19.6. The Balaban J connectivity index is 1.64. The second-order valence-corrected chi connectivity index (χ2v) is 7.07. The van der Waals surface area contributed by atoms with Gasteiger partial charge in [0.2, 0.25) is 0 Å². The Kier molecular flexibility index (Phi) is 6.07. The number of aromatic nitrogens is 1. The second kappa shape index (κ2) is 8.68. The van der Waals surface area contributed by atoms with Crippen molar-refractivity contribution in [2.75, 3.05) is 5.32 Å². The molecule has 3 rings (SSSR count). The molecule has 3 aromatic rings. The van der Waals surface area contributed by atoms with Crippen molar-refractivity contribution in [1.82, 2.24) is 10.3 Å². The van der Waals surface area contributed by atoms with Gasteiger partial charge in [-0.3, -0.25) is 20.2 Å². The number of nitrogens with one attached hydrogen (secondary N) is 2. The monoisotopic (exact) mass is 412 g/mol. The summed E-state index contributed by atoms with van der Waals surface area (Å²) < 4.78 is 0. The van der Waals surface area contributed by atoms with Crippen LogP contribution < -0.4 is 10.6 Å². The number of amides is 1. The molecule has 0 aliphatic carbocycles. The molecule has 0 saturated carbocycles. The molecule has 142 valence electrons. The van der Waals surface area contributed by atoms with Crippen LogP contribution in [0.15, 0.2) is 53.9 Å². The Hall–Kier alpha value is -3.17. The van der Waals surface area contributed by atoms with Gasteiger partial charge in [-0.2, -0.15) is 0 Å². The van der Waals surface area contributed by atoms with E-state index in [4.69, 9.17) is 12.2 Å². The third-order valence-corrected chi connectivity index (χ3v) is 4.89. The van der Waals surface area contributed by atoms with Crippen LogP contribution in [0.2, 0.25) is 0 Å². The predicted octanol–water partition coefficient (Wildman–Crippen LogP) is 4.41. The molecule has 0 aliphatic rings. The first-order chi connectivity index (χ1) is 13.5. The van der Waals surface area contributed by atoms with Gasteiger partial charge in [-0.15, -0.1) is 11.3 Å². The standard InChI is InChI=1S/C19H16N4O3S2/c1-2-12-6-8-13(9-7-12)17(24)21-18(27)22-19-20-16(11-28-19)14-4-3-5-15(10-14)23(25)26/h3-11H,2H2,1H3,(H2,20,21,22,24,27). The maximum absolute atomic E-state index is 12.3. The van der Waals surface area contributed by atoms with Gasteiger partial charge in [-0.05, 0) is 36.3 Å². The number of carbonyl (C=O) groups is 1. The molecule has 0 saturated heterocycles. The molecular weight excluding hydrogens is 396 g/mol. The molecular formula is C19H16N4O3S2. The summed E-state index contributed by atoms with van der Waals surface area (Å²) in [4.78, 5) is 27.1. The van der Waals surface area contributed by atoms with Gasteiger partial charge >= 0.3 is 0 Å². The summed E-state index contributed by atoms with van der Waals surface area (Å²) in [5.74, 6) is -0.310. The van der Waals surface area contributed by atoms with Crippen molar-refractivity contribution in [2.24, 2.45) is 0 Å². The quantitative estimate of drug-likeness (QED) is 0.366. The molecule has 0 atom stereocenters. The van der Waals surface area contributed by atoms with E-state index < -0.39 is 4.92 Å². The summed E-state index contributed by atoms with van der Waals surface area (Å²) in [5, 5.41) is 18.8. The molecule has 2 aromatic carbocycles. The number of non-ortho nitro benzene ring substituents is 1. The molecule has 0 radical (unpaired) electrons. The van der Waals surface area contributed by atoms with Gasteiger partial charge in [0.05, 0.1) is 10.6 Å². The first-order valence-electron chi connectivity index (χ1n) is 8.38. The minimum absolute atomic E-state index is 0.00288. The molecule has 0 bridgehead atoms. The van der Waals surface area contributed by atoms with E-state index in [1.807, 2.05) is 19.1 Å². The number of hydrogen-bond acceptors (Lipinski definition) is 6. The van der Waals surface area contributed by atoms with Crippen LogP contribution in [0.4, 0.5) is 10.8 Å². The van der Waals surface area contributed by atoms with Crippen molar-refractivity contribution in [1.29, 1.82) is 0 Å². The minimum Gasteiger partial charge on any atom is -0.308 e. The smallest absolute Gasteiger partial charge is 0.270 e. The largest absolute Gasteiger partial charge is 0.308 e. The number of hydrogen-bond donors (Lipinski definition) is 2. The number of carbonyl (C=O) groups excluding carboxylic acids is 1. The van der Waals surface area contributed by atoms with E-state index in [2.05, 4.69) is 15.6 Å². The lowest BCUT2D eigenvalue weighted by molar-refractivity contribution is -0.384. The maximum atomic E-state index is 12.3. The van der Waals surface area contributed by atoms with Crippen LogP contribution >= 0.6 is 23.6 Å². The normalized spacial score (nSPS) is 10.3. The Morgan fingerprint density at radius 3 is 2.68 bits per heavy atom. The molecule has 1 amide bonds. The Morgan fingerprint density at radius 2 is 2.00 bits per heavy atom. The molecule has 0 unspecified atom stereocenters. The van der Waals surface area contributed by atoms with Crippen molar-refractivity contribution in [3.8, 4) is 11.3 Å². The average Bonchev–Trinajstić information content (AvgIpc) is 3.16. The fraction of sp³-hybridized carbons (Fsp3) is 0.105. The SMILES string of the molecule is CCc1ccc(C(=O)NC(=S)Nc2nc(-c3cccc([N+](=O)[O-])c3)cs2)cc1. The van der Waals surface area contributed by atoms with Gasteiger partial charge in [0.25, 0.3) is 11.6 Å². The van der Waals surface area contributed by atoms with E-state index in [0.29, 0.717) is 22.0 Å². The van der Waals surface area contributed by atoms with E-state index >= 15 is 0 Å². The fourth-order valence-electron chi connectivity index (χ4n) is 2.44. The van der Waals surface area contributed by atoms with Crippen LogP contribution in [0, 0.1) is 10.1 Å². The highest BCUT2D eigenvalue weighted by atomic mass is 32.1. The number of aryl methyl sites for hydroxylation is 1. The Bertz CT molecular complexity index is 1030. The molecule has 7 nitrogen and oxygen atoms in total. The highest BCUT2D eigenvalue weighted by Crippen LogP contribution is 2.27. The number of nitro groups is 1. The van der Waals surface area contributed by atoms with Crippen molar-refractivity contribution in [3.63, 3.8) is 0 Å². The molecule has 0 spiro atoms. The molecule has 9 heteroatoms. The lowest BCUT2D eigenvalue weighted by atomic mass is 10.1. The zero-order valence-corrected chi connectivity index (χ0v) is 16.5. The average molecular weight is 412 g/mol. The van der Waals surface area contributed by atoms with E-state index in [1.54, 1.807) is 29.6 Å². The number of thiazole rings is 1. The summed E-state index contributed by atoms with van der Waals surface area (Å²) >= 11 is 6.46. The number of nitrogens with zero attached hydrogens (tertiary/aromatic N) is 2. The van der Waals surface area contributed by atoms with Crippen molar-refractivity contribution in [2.45, 2.75) is 13.3 Å². The van der Waals surface area contributed by atoms with Gasteiger partial charge in [-0.1, -0.05) is 31.2 Å². The van der Waals surface area contributed by atoms with Gasteiger partial charge in [0.1, 0.15) is 0 Å². The van der Waals surface area contributed by atoms with Crippen LogP contribution in [0.5, 0.6) is 0 Å². The number of rotatable bonds is 5. The topological polar surface area (TPSA) is 97.2 Å². The fourth-order valence-corrected chi connectivity index (χ4v) is 3.42. The second-order valence-electron chi connectivity index (χ2n) is 5.80. The van der Waals surface area contributed by atoms with Crippen LogP contribution in [-0.4, -0.2) is 20.9 Å². The van der Waals surface area contributed by atoms with Crippen molar-refractivity contribution >= 4 is 45.4 Å². The first-order valence-corrected chi connectivity index (χ1v) is 9.66. The molecule has 1 heterocycles. The highest BCUT2D eigenvalue weighted by molar-refractivity contribution is 7.80. The summed E-state index contributed by atoms with van der Waals surface area (Å²) in [7, 11) is 0. The van der Waals surface area contributed by atoms with Gasteiger partial charge in [0, 0.05) is 28.6 Å². The van der Waals surface area contributed by atoms with E-state index in [1.165, 1.54) is 23.5 Å². The van der Waals surface area contributed by atoms with Crippen molar-refractivity contribution < 1.29 is 9.72 Å². The van der Waals surface area contributed by atoms with Crippen LogP contribution in [-0.2, 0) is 6.42 Å². The van der Waals surface area contributed by atoms with E-state index in [9.17, 15) is 14.9 Å². The maximum Gasteiger partial charge on any atom is 0.270 e. The molecule has 1 aromatic heterocycles. The van der Waals surface area contributed by atoms with Crippen LogP contribution in [0.1, 0.15) is 22.8 Å². The lowest BCUT2D eigenvalue weighted by Gasteiger charge is -2.07. The number of benzene rings is 2. The third kappa shape index (κ3) is 4.76. The van der Waals surface area contributed by atoms with E-state index in [-0.39, 0.29) is 16.7 Å². The van der Waals surface area contributed by atoms with Crippen LogP contribution in [0.25, 0.3) is 11.3 Å². The minimum atomic E-state index is -0.452. The Morgan fingerprint density at radius 1 is 1.25 bits per heavy atom. The molecule has 2 N–H and O–H groups in total. The van der Waals surface area contributed by atoms with Crippen LogP contribution in [0.3, 0.4) is 0 Å². The third-order valence-electron chi connectivity index (χ3n) is 3.93. The molecule has 28 heavy (non-hydrogen) atoms. The number of anilines is 1. The molecule has 0 fully saturated rings. The van der Waals surface area contributed by atoms with Gasteiger partial charge in [0.15, 0.2) is 10.2 Å². The predicted molar refractivity (Wildman–Crippen MR) is 114 cm³/mol. The van der Waals surface area contributed by atoms with Crippen molar-refractivity contribution in [3.05, 3.63) is 75.2 Å². The summed E-state index contributed by atoms with van der Waals surface area (Å²) in [6, 6.07) is 13.5. The van der Waals surface area contributed by atoms with Gasteiger partial charge in [-0.25, -0.2) is 4.98 Å². The van der Waals surface area contributed by atoms with Gasteiger partial charge < -0.3 is 5.32 Å². The number of nitro benzene ring substituents is 1. The Labute approximate surface area is 170 Å². The zero-order chi connectivity index (χ0) is 20.1. The summed E-state index contributed by atoms with van der Waals surface area (Å²) in [5.41, 5.74) is 2.87. The summed E-state index contributed by atoms with van der Waals surface area (Å²) in [6.45, 7) is 2.05. The zero-order valence-electron chi connectivity index (χ0n) is 14.8. The highest BCUT2D eigenvalue weighted by Gasteiger charge is 2.12. The number of thiocarbonyl (C=S) groups is 1. The lowest BCUT2D eigenvalue weighted by Crippen LogP contribution is -2.34.